The van der Waals surface area contributed by atoms with Gasteiger partial charge in [0.1, 0.15) is 5.75 Å². The first-order chi connectivity index (χ1) is 13.4. The van der Waals surface area contributed by atoms with E-state index in [1.807, 2.05) is 23.9 Å². The quantitative estimate of drug-likeness (QED) is 0.694. The van der Waals surface area contributed by atoms with E-state index >= 15 is 0 Å². The Morgan fingerprint density at radius 3 is 2.46 bits per heavy atom. The Morgan fingerprint density at radius 1 is 1.21 bits per heavy atom. The lowest BCUT2D eigenvalue weighted by Gasteiger charge is -2.32. The summed E-state index contributed by atoms with van der Waals surface area (Å²) in [7, 11) is -0.164. The highest BCUT2D eigenvalue weighted by atomic mass is 32.2. The van der Waals surface area contributed by atoms with Crippen LogP contribution < -0.4 is 9.64 Å². The van der Waals surface area contributed by atoms with Crippen LogP contribution in [-0.2, 0) is 21.4 Å². The van der Waals surface area contributed by atoms with Gasteiger partial charge in [0.05, 0.1) is 38.2 Å². The van der Waals surface area contributed by atoms with Gasteiger partial charge in [-0.15, -0.1) is 0 Å². The van der Waals surface area contributed by atoms with E-state index in [1.54, 1.807) is 47.6 Å². The molecule has 9 heteroatoms. The molecule has 0 bridgehead atoms. The van der Waals surface area contributed by atoms with Gasteiger partial charge in [0.25, 0.3) is 5.91 Å². The molecule has 28 heavy (non-hydrogen) atoms. The van der Waals surface area contributed by atoms with E-state index in [4.69, 9.17) is 4.74 Å². The van der Waals surface area contributed by atoms with Crippen LogP contribution in [0.2, 0.25) is 0 Å². The fraction of sp³-hybridized carbons (Fsp3) is 0.421. The van der Waals surface area contributed by atoms with Gasteiger partial charge in [0, 0.05) is 13.6 Å². The van der Waals surface area contributed by atoms with Crippen LogP contribution in [0.25, 0.3) is 0 Å². The van der Waals surface area contributed by atoms with Crippen molar-refractivity contribution in [2.24, 2.45) is 0 Å². The molecule has 0 aliphatic carbocycles. The van der Waals surface area contributed by atoms with Crippen molar-refractivity contribution in [2.45, 2.75) is 11.4 Å². The molecule has 1 fully saturated rings. The molecule has 1 saturated heterocycles. The van der Waals surface area contributed by atoms with Crippen LogP contribution in [0.4, 0.5) is 0 Å². The highest BCUT2D eigenvalue weighted by Crippen LogP contribution is 2.19. The summed E-state index contributed by atoms with van der Waals surface area (Å²) < 4.78 is 32.2. The average molecular weight is 425 g/mol. The third kappa shape index (κ3) is 4.91. The number of quaternary nitrogens is 1. The monoisotopic (exact) mass is 424 g/mol. The van der Waals surface area contributed by atoms with E-state index in [0.717, 1.165) is 10.5 Å². The van der Waals surface area contributed by atoms with Crippen LogP contribution in [0.1, 0.15) is 5.56 Å². The maximum absolute atomic E-state index is 12.8. The van der Waals surface area contributed by atoms with E-state index in [2.05, 4.69) is 0 Å². The predicted molar refractivity (Wildman–Crippen MR) is 108 cm³/mol. The van der Waals surface area contributed by atoms with Crippen molar-refractivity contribution in [1.82, 2.24) is 9.21 Å². The topological polar surface area (TPSA) is 71.4 Å². The number of hydrogen-bond donors (Lipinski definition) is 1. The minimum Gasteiger partial charge on any atom is -0.497 e. The van der Waals surface area contributed by atoms with Gasteiger partial charge in [-0.05, 0) is 46.7 Å². The maximum Gasteiger partial charge on any atom is 0.277 e. The standard InChI is InChI=1S/C19H25N3O4S2/c1-20(13-16-7-12-27-15-16)19(23)14-21-8-10-22(11-9-21)28(24,25)18-5-3-17(26-2)4-6-18/h3-7,12,15H,8-11,13-14H2,1-2H3/p+1. The van der Waals surface area contributed by atoms with Gasteiger partial charge < -0.3 is 14.5 Å². The zero-order valence-electron chi connectivity index (χ0n) is 16.1. The van der Waals surface area contributed by atoms with Crippen molar-refractivity contribution in [2.75, 3.05) is 46.9 Å². The first-order valence-electron chi connectivity index (χ1n) is 9.13. The molecule has 2 aromatic rings. The molecule has 0 saturated carbocycles. The smallest absolute Gasteiger partial charge is 0.277 e. The number of methoxy groups -OCH3 is 1. The molecule has 7 nitrogen and oxygen atoms in total. The first kappa shape index (κ1) is 20.8. The number of nitrogens with one attached hydrogen (secondary N) is 1. The summed E-state index contributed by atoms with van der Waals surface area (Å²) in [6.45, 7) is 3.04. The second-order valence-corrected chi connectivity index (χ2v) is 9.61. The molecule has 1 aliphatic rings. The van der Waals surface area contributed by atoms with E-state index < -0.39 is 10.0 Å². The van der Waals surface area contributed by atoms with Gasteiger partial charge in [-0.2, -0.15) is 15.6 Å². The molecule has 0 radical (unpaired) electrons. The molecular formula is C19H26N3O4S2+. The average Bonchev–Trinajstić information content (AvgIpc) is 3.21. The molecule has 3 rings (SSSR count). The molecule has 0 atom stereocenters. The highest BCUT2D eigenvalue weighted by molar-refractivity contribution is 7.89. The minimum absolute atomic E-state index is 0.0765. The fourth-order valence-electron chi connectivity index (χ4n) is 3.21. The number of carbonyl (C=O) groups excluding carboxylic acids is 1. The number of sulfonamides is 1. The number of rotatable bonds is 7. The highest BCUT2D eigenvalue weighted by Gasteiger charge is 2.31. The maximum atomic E-state index is 12.8. The van der Waals surface area contributed by atoms with E-state index in [0.29, 0.717) is 45.0 Å². The van der Waals surface area contributed by atoms with Crippen LogP contribution in [-0.4, -0.2) is 70.4 Å². The number of amides is 1. The van der Waals surface area contributed by atoms with Gasteiger partial charge in [0.15, 0.2) is 6.54 Å². The molecule has 0 spiro atoms. The summed E-state index contributed by atoms with van der Waals surface area (Å²) in [6.07, 6.45) is 0. The van der Waals surface area contributed by atoms with E-state index in [9.17, 15) is 13.2 Å². The van der Waals surface area contributed by atoms with Gasteiger partial charge in [-0.3, -0.25) is 4.79 Å². The summed E-state index contributed by atoms with van der Waals surface area (Å²) in [5.41, 5.74) is 1.13. The molecule has 1 N–H and O–H groups in total. The molecule has 1 aromatic carbocycles. The number of hydrogen-bond acceptors (Lipinski definition) is 5. The van der Waals surface area contributed by atoms with Gasteiger partial charge in [0.2, 0.25) is 10.0 Å². The molecule has 2 heterocycles. The first-order valence-corrected chi connectivity index (χ1v) is 11.5. The Kier molecular flexibility index (Phi) is 6.71. The zero-order valence-corrected chi connectivity index (χ0v) is 17.8. The number of carbonyl (C=O) groups is 1. The molecule has 152 valence electrons. The number of nitrogens with zero attached hydrogens (tertiary/aromatic N) is 2. The SMILES string of the molecule is COc1ccc(S(=O)(=O)N2CC[NH+](CC(=O)N(C)Cc3ccsc3)CC2)cc1. The van der Waals surface area contributed by atoms with Crippen molar-refractivity contribution >= 4 is 27.3 Å². The number of benzene rings is 1. The summed E-state index contributed by atoms with van der Waals surface area (Å²) in [5.74, 6) is 0.700. The van der Waals surface area contributed by atoms with Crippen LogP contribution in [0.3, 0.4) is 0 Å². The normalized spacial score (nSPS) is 16.1. The predicted octanol–water partition coefficient (Wildman–Crippen LogP) is 0.305. The number of likely N-dealkylation sites (N-methyl/N-ethyl adjacent to an activating group) is 1. The molecule has 1 aliphatic heterocycles. The van der Waals surface area contributed by atoms with Gasteiger partial charge in [-0.25, -0.2) is 8.42 Å². The lowest BCUT2D eigenvalue weighted by Crippen LogP contribution is -3.15. The summed E-state index contributed by atoms with van der Waals surface area (Å²) in [5, 5.41) is 4.04. The van der Waals surface area contributed by atoms with Crippen LogP contribution in [0.15, 0.2) is 46.0 Å². The van der Waals surface area contributed by atoms with Gasteiger partial charge in [-0.1, -0.05) is 0 Å². The second-order valence-electron chi connectivity index (χ2n) is 6.89. The third-order valence-electron chi connectivity index (χ3n) is 4.95. The molecule has 0 unspecified atom stereocenters. The Hall–Kier alpha value is -1.94. The number of piperazine rings is 1. The largest absolute Gasteiger partial charge is 0.497 e. The van der Waals surface area contributed by atoms with Crippen LogP contribution >= 0.6 is 11.3 Å². The Labute approximate surface area is 170 Å². The number of ether oxygens (including phenoxy) is 1. The van der Waals surface area contributed by atoms with Crippen LogP contribution in [0, 0.1) is 0 Å². The van der Waals surface area contributed by atoms with Crippen LogP contribution in [0.5, 0.6) is 5.75 Å². The summed E-state index contributed by atoms with van der Waals surface area (Å²) in [4.78, 5) is 15.6. The molecule has 1 amide bonds. The Balaban J connectivity index is 1.52. The summed E-state index contributed by atoms with van der Waals surface area (Å²) >= 11 is 1.62. The van der Waals surface area contributed by atoms with Crippen molar-refractivity contribution in [1.29, 1.82) is 0 Å². The van der Waals surface area contributed by atoms with Crippen molar-refractivity contribution in [3.8, 4) is 5.75 Å². The second kappa shape index (κ2) is 9.04. The van der Waals surface area contributed by atoms with E-state index in [-0.39, 0.29) is 10.8 Å². The van der Waals surface area contributed by atoms with Crippen molar-refractivity contribution in [3.63, 3.8) is 0 Å². The summed E-state index contributed by atoms with van der Waals surface area (Å²) in [6, 6.07) is 8.45. The van der Waals surface area contributed by atoms with E-state index in [1.165, 1.54) is 4.31 Å². The van der Waals surface area contributed by atoms with Crippen molar-refractivity contribution < 1.29 is 22.8 Å². The molecular weight excluding hydrogens is 398 g/mol. The number of thiophene rings is 1. The molecule has 1 aromatic heterocycles. The lowest BCUT2D eigenvalue weighted by atomic mass is 10.3. The Morgan fingerprint density at radius 2 is 1.89 bits per heavy atom. The fourth-order valence-corrected chi connectivity index (χ4v) is 5.31. The zero-order chi connectivity index (χ0) is 20.1. The Bertz CT molecular complexity index is 874. The minimum atomic E-state index is -3.52. The van der Waals surface area contributed by atoms with Crippen molar-refractivity contribution in [3.05, 3.63) is 46.7 Å². The third-order valence-corrected chi connectivity index (χ3v) is 7.60. The van der Waals surface area contributed by atoms with Gasteiger partial charge >= 0.3 is 0 Å². The lowest BCUT2D eigenvalue weighted by molar-refractivity contribution is -0.896.